The highest BCUT2D eigenvalue weighted by molar-refractivity contribution is 5.84. The fraction of sp³-hybridized carbons (Fsp3) is 0.222. The third kappa shape index (κ3) is 6.22. The van der Waals surface area contributed by atoms with E-state index in [1.807, 2.05) is 42.5 Å². The maximum atomic E-state index is 11.7. The van der Waals surface area contributed by atoms with Crippen LogP contribution in [0.1, 0.15) is 24.0 Å². The van der Waals surface area contributed by atoms with Gasteiger partial charge >= 0.3 is 12.1 Å². The molecule has 0 spiro atoms. The summed E-state index contributed by atoms with van der Waals surface area (Å²) in [4.78, 5) is 22.2. The molecule has 0 saturated carbocycles. The number of carbonyl (C=O) groups is 2. The number of hydrogen-bond donors (Lipinski definition) is 2. The highest BCUT2D eigenvalue weighted by atomic mass is 16.5. The van der Waals surface area contributed by atoms with Crippen molar-refractivity contribution in [3.8, 4) is 0 Å². The summed E-state index contributed by atoms with van der Waals surface area (Å²) in [5.74, 6) is -0.788. The first-order valence-corrected chi connectivity index (χ1v) is 7.42. The van der Waals surface area contributed by atoms with E-state index in [1.165, 1.54) is 0 Å². The van der Waals surface area contributed by atoms with Crippen molar-refractivity contribution in [3.05, 3.63) is 65.7 Å². The molecule has 5 heteroatoms. The van der Waals surface area contributed by atoms with Crippen LogP contribution in [0.3, 0.4) is 0 Å². The van der Waals surface area contributed by atoms with Crippen LogP contribution in [0.5, 0.6) is 0 Å². The number of aliphatic carboxylic acids is 1. The molecule has 0 atom stereocenters. The summed E-state index contributed by atoms with van der Waals surface area (Å²) in [7, 11) is 0. The number of aryl methyl sites for hydroxylation is 1. The van der Waals surface area contributed by atoms with E-state index in [1.54, 1.807) is 12.1 Å². The average Bonchev–Trinajstić information content (AvgIpc) is 2.55. The van der Waals surface area contributed by atoms with E-state index >= 15 is 0 Å². The van der Waals surface area contributed by atoms with Gasteiger partial charge in [-0.05, 0) is 36.1 Å². The largest absolute Gasteiger partial charge is 0.481 e. The van der Waals surface area contributed by atoms with Crippen LogP contribution in [-0.2, 0) is 22.6 Å². The van der Waals surface area contributed by atoms with Crippen LogP contribution in [0.15, 0.2) is 54.6 Å². The summed E-state index contributed by atoms with van der Waals surface area (Å²) >= 11 is 0. The van der Waals surface area contributed by atoms with E-state index in [0.29, 0.717) is 18.5 Å². The topological polar surface area (TPSA) is 75.6 Å². The summed E-state index contributed by atoms with van der Waals surface area (Å²) < 4.78 is 5.14. The quantitative estimate of drug-likeness (QED) is 0.814. The van der Waals surface area contributed by atoms with Crippen LogP contribution in [0, 0.1) is 0 Å². The van der Waals surface area contributed by atoms with E-state index < -0.39 is 12.1 Å². The van der Waals surface area contributed by atoms with E-state index in [9.17, 15) is 9.59 Å². The molecule has 2 N–H and O–H groups in total. The molecule has 2 rings (SSSR count). The van der Waals surface area contributed by atoms with Crippen molar-refractivity contribution in [1.82, 2.24) is 0 Å². The lowest BCUT2D eigenvalue weighted by Gasteiger charge is -2.08. The van der Waals surface area contributed by atoms with Crippen LogP contribution in [0.4, 0.5) is 10.5 Å². The Morgan fingerprint density at radius 3 is 2.30 bits per heavy atom. The van der Waals surface area contributed by atoms with Crippen LogP contribution < -0.4 is 5.32 Å². The molecule has 0 bridgehead atoms. The van der Waals surface area contributed by atoms with Crippen LogP contribution >= 0.6 is 0 Å². The minimum atomic E-state index is -0.788. The van der Waals surface area contributed by atoms with Gasteiger partial charge in [0.15, 0.2) is 0 Å². The predicted octanol–water partition coefficient (Wildman–Crippen LogP) is 3.84. The Balaban J connectivity index is 1.76. The molecule has 2 aromatic rings. The second-order valence-corrected chi connectivity index (χ2v) is 5.13. The highest BCUT2D eigenvalue weighted by Gasteiger charge is 2.04. The van der Waals surface area contributed by atoms with Gasteiger partial charge in [0.2, 0.25) is 0 Å². The third-order valence-corrected chi connectivity index (χ3v) is 3.27. The number of benzene rings is 2. The van der Waals surface area contributed by atoms with Gasteiger partial charge in [0.1, 0.15) is 6.61 Å². The van der Waals surface area contributed by atoms with E-state index in [0.717, 1.165) is 11.1 Å². The lowest BCUT2D eigenvalue weighted by molar-refractivity contribution is -0.137. The number of nitrogens with one attached hydrogen (secondary N) is 1. The van der Waals surface area contributed by atoms with Crippen molar-refractivity contribution in [2.45, 2.75) is 25.9 Å². The number of carboxylic acid groups (broad SMARTS) is 1. The zero-order valence-corrected chi connectivity index (χ0v) is 12.7. The van der Waals surface area contributed by atoms with Crippen molar-refractivity contribution >= 4 is 17.7 Å². The van der Waals surface area contributed by atoms with E-state index in [2.05, 4.69) is 5.32 Å². The van der Waals surface area contributed by atoms with Gasteiger partial charge in [0.25, 0.3) is 0 Å². The molecule has 0 saturated heterocycles. The second kappa shape index (κ2) is 8.58. The first-order valence-electron chi connectivity index (χ1n) is 7.42. The van der Waals surface area contributed by atoms with Crippen LogP contribution in [0.2, 0.25) is 0 Å². The molecular formula is C18H19NO4. The van der Waals surface area contributed by atoms with Crippen molar-refractivity contribution in [3.63, 3.8) is 0 Å². The first-order chi connectivity index (χ1) is 11.1. The van der Waals surface area contributed by atoms with Crippen LogP contribution in [-0.4, -0.2) is 17.2 Å². The predicted molar refractivity (Wildman–Crippen MR) is 87.3 cm³/mol. The van der Waals surface area contributed by atoms with Gasteiger partial charge in [-0.25, -0.2) is 4.79 Å². The Morgan fingerprint density at radius 1 is 0.957 bits per heavy atom. The number of hydrogen-bond acceptors (Lipinski definition) is 3. The molecule has 23 heavy (non-hydrogen) atoms. The Labute approximate surface area is 134 Å². The Hall–Kier alpha value is -2.82. The zero-order valence-electron chi connectivity index (χ0n) is 12.7. The Bertz CT molecular complexity index is 638. The normalized spacial score (nSPS) is 10.1. The van der Waals surface area contributed by atoms with Gasteiger partial charge in [-0.1, -0.05) is 42.5 Å². The molecule has 0 aliphatic heterocycles. The number of carbonyl (C=O) groups excluding carboxylic acids is 1. The zero-order chi connectivity index (χ0) is 16.5. The molecule has 0 radical (unpaired) electrons. The molecule has 0 aromatic heterocycles. The first kappa shape index (κ1) is 16.5. The van der Waals surface area contributed by atoms with Gasteiger partial charge in [-0.2, -0.15) is 0 Å². The maximum Gasteiger partial charge on any atom is 0.411 e. The summed E-state index contributed by atoms with van der Waals surface area (Å²) in [5, 5.41) is 11.3. The SMILES string of the molecule is O=C(O)CCCc1ccc(NC(=O)OCc2ccccc2)cc1. The molecule has 0 heterocycles. The molecule has 1 amide bonds. The van der Waals surface area contributed by atoms with Gasteiger partial charge in [-0.3, -0.25) is 10.1 Å². The molecule has 120 valence electrons. The molecule has 0 aliphatic carbocycles. The van der Waals surface area contributed by atoms with Gasteiger partial charge in [0.05, 0.1) is 0 Å². The number of amides is 1. The number of anilines is 1. The number of ether oxygens (including phenoxy) is 1. The standard InChI is InChI=1S/C18H19NO4/c20-17(21)8-4-7-14-9-11-16(12-10-14)19-18(22)23-13-15-5-2-1-3-6-15/h1-3,5-6,9-12H,4,7-8,13H2,(H,19,22)(H,20,21). The highest BCUT2D eigenvalue weighted by Crippen LogP contribution is 2.12. The summed E-state index contributed by atoms with van der Waals surface area (Å²) in [6.45, 7) is 0.222. The molecular weight excluding hydrogens is 294 g/mol. The summed E-state index contributed by atoms with van der Waals surface area (Å²) in [6.07, 6.45) is 0.949. The molecule has 0 fully saturated rings. The Kier molecular flexibility index (Phi) is 6.17. The van der Waals surface area contributed by atoms with Crippen LogP contribution in [0.25, 0.3) is 0 Å². The molecule has 2 aromatic carbocycles. The number of rotatable bonds is 7. The lowest BCUT2D eigenvalue weighted by Crippen LogP contribution is -2.13. The van der Waals surface area contributed by atoms with Crippen molar-refractivity contribution in [2.75, 3.05) is 5.32 Å². The fourth-order valence-corrected chi connectivity index (χ4v) is 2.08. The molecule has 0 unspecified atom stereocenters. The minimum absolute atomic E-state index is 0.159. The van der Waals surface area contributed by atoms with E-state index in [-0.39, 0.29) is 13.0 Å². The summed E-state index contributed by atoms with van der Waals surface area (Å²) in [6, 6.07) is 16.8. The average molecular weight is 313 g/mol. The monoisotopic (exact) mass is 313 g/mol. The summed E-state index contributed by atoms with van der Waals surface area (Å²) in [5.41, 5.74) is 2.61. The lowest BCUT2D eigenvalue weighted by atomic mass is 10.1. The van der Waals surface area contributed by atoms with Crippen molar-refractivity contribution in [2.24, 2.45) is 0 Å². The van der Waals surface area contributed by atoms with Gasteiger partial charge < -0.3 is 9.84 Å². The second-order valence-electron chi connectivity index (χ2n) is 5.13. The van der Waals surface area contributed by atoms with Crippen molar-refractivity contribution in [1.29, 1.82) is 0 Å². The molecule has 5 nitrogen and oxygen atoms in total. The molecule has 0 aliphatic rings. The Morgan fingerprint density at radius 2 is 1.65 bits per heavy atom. The van der Waals surface area contributed by atoms with Gasteiger partial charge in [-0.15, -0.1) is 0 Å². The third-order valence-electron chi connectivity index (χ3n) is 3.27. The minimum Gasteiger partial charge on any atom is -0.481 e. The smallest absolute Gasteiger partial charge is 0.411 e. The van der Waals surface area contributed by atoms with Gasteiger partial charge in [0, 0.05) is 12.1 Å². The van der Waals surface area contributed by atoms with E-state index in [4.69, 9.17) is 9.84 Å². The van der Waals surface area contributed by atoms with Crippen molar-refractivity contribution < 1.29 is 19.4 Å². The fourth-order valence-electron chi connectivity index (χ4n) is 2.08. The number of carboxylic acids is 1. The maximum absolute atomic E-state index is 11.7.